The van der Waals surface area contributed by atoms with E-state index in [4.69, 9.17) is 0 Å². The molecule has 2 rings (SSSR count). The van der Waals surface area contributed by atoms with Gasteiger partial charge in [0.15, 0.2) is 0 Å². The maximum Gasteiger partial charge on any atom is 0.319 e. The number of anilines is 2. The second-order valence-electron chi connectivity index (χ2n) is 6.82. The molecule has 0 radical (unpaired) electrons. The van der Waals surface area contributed by atoms with E-state index in [9.17, 15) is 9.59 Å². The maximum absolute atomic E-state index is 12.4. The van der Waals surface area contributed by atoms with Gasteiger partial charge < -0.3 is 16.0 Å². The highest BCUT2D eigenvalue weighted by Crippen LogP contribution is 2.24. The summed E-state index contributed by atoms with van der Waals surface area (Å²) in [7, 11) is 0. The Morgan fingerprint density at radius 3 is 2.04 bits per heavy atom. The summed E-state index contributed by atoms with van der Waals surface area (Å²) in [6.07, 6.45) is 0. The zero-order chi connectivity index (χ0) is 19.3. The van der Waals surface area contributed by atoms with Crippen molar-refractivity contribution < 1.29 is 9.59 Å². The number of carbonyl (C=O) groups excluding carboxylic acids is 2. The summed E-state index contributed by atoms with van der Waals surface area (Å²) in [5, 5.41) is 8.48. The van der Waals surface area contributed by atoms with Crippen molar-refractivity contribution in [2.75, 3.05) is 10.6 Å². The number of nitrogens with one attached hydrogen (secondary N) is 3. The van der Waals surface area contributed by atoms with Gasteiger partial charge in [0.25, 0.3) is 0 Å². The van der Waals surface area contributed by atoms with Crippen molar-refractivity contribution in [3.63, 3.8) is 0 Å². The molecule has 5 heteroatoms. The van der Waals surface area contributed by atoms with Crippen LogP contribution < -0.4 is 16.0 Å². The number of benzene rings is 2. The average Bonchev–Trinajstić information content (AvgIpc) is 2.55. The zero-order valence-electron chi connectivity index (χ0n) is 15.6. The van der Waals surface area contributed by atoms with Crippen molar-refractivity contribution in [2.24, 2.45) is 0 Å². The Labute approximate surface area is 154 Å². The molecule has 2 aromatic carbocycles. The van der Waals surface area contributed by atoms with E-state index in [1.165, 1.54) is 6.92 Å². The van der Waals surface area contributed by atoms with Crippen LogP contribution in [0.3, 0.4) is 0 Å². The number of allylic oxidation sites excluding steroid dienone is 1. The van der Waals surface area contributed by atoms with E-state index in [-0.39, 0.29) is 11.9 Å². The van der Waals surface area contributed by atoms with Gasteiger partial charge in [-0.2, -0.15) is 0 Å². The number of rotatable bonds is 5. The Hall–Kier alpha value is -3.08. The average molecular weight is 351 g/mol. The number of hydrogen-bond acceptors (Lipinski definition) is 2. The first kappa shape index (κ1) is 19.2. The molecule has 0 aliphatic rings. The second kappa shape index (κ2) is 7.87. The van der Waals surface area contributed by atoms with Crippen LogP contribution in [0.2, 0.25) is 0 Å². The van der Waals surface area contributed by atoms with Crippen molar-refractivity contribution in [2.45, 2.75) is 33.2 Å². The van der Waals surface area contributed by atoms with Gasteiger partial charge in [-0.1, -0.05) is 30.4 Å². The topological polar surface area (TPSA) is 70.2 Å². The number of amides is 3. The lowest BCUT2D eigenvalue weighted by Gasteiger charge is -2.27. The van der Waals surface area contributed by atoms with Gasteiger partial charge in [-0.3, -0.25) is 4.79 Å². The SMILES string of the molecule is C=C(C)c1cccc(C(C)(C)NC(=O)Nc2ccc(NC(C)=O)cc2)c1. The molecule has 136 valence electrons. The normalized spacial score (nSPS) is 10.8. The van der Waals surface area contributed by atoms with Gasteiger partial charge in [0, 0.05) is 18.3 Å². The number of urea groups is 1. The molecular weight excluding hydrogens is 326 g/mol. The molecule has 0 aliphatic heterocycles. The van der Waals surface area contributed by atoms with Crippen LogP contribution in [0.1, 0.15) is 38.8 Å². The van der Waals surface area contributed by atoms with Crippen molar-refractivity contribution in [3.8, 4) is 0 Å². The van der Waals surface area contributed by atoms with Crippen molar-refractivity contribution >= 4 is 28.9 Å². The summed E-state index contributed by atoms with van der Waals surface area (Å²) in [5.74, 6) is -0.137. The molecule has 2 aromatic rings. The molecule has 0 aromatic heterocycles. The van der Waals surface area contributed by atoms with Gasteiger partial charge in [-0.15, -0.1) is 0 Å². The molecule has 0 fully saturated rings. The van der Waals surface area contributed by atoms with Gasteiger partial charge in [0.1, 0.15) is 0 Å². The first-order valence-electron chi connectivity index (χ1n) is 8.40. The lowest BCUT2D eigenvalue weighted by molar-refractivity contribution is -0.114. The Morgan fingerprint density at radius 2 is 1.50 bits per heavy atom. The van der Waals surface area contributed by atoms with Crippen LogP contribution in [0.5, 0.6) is 0 Å². The van der Waals surface area contributed by atoms with E-state index in [1.54, 1.807) is 24.3 Å². The molecule has 5 nitrogen and oxygen atoms in total. The molecule has 0 unspecified atom stereocenters. The van der Waals surface area contributed by atoms with E-state index < -0.39 is 5.54 Å². The number of carbonyl (C=O) groups is 2. The lowest BCUT2D eigenvalue weighted by atomic mass is 9.92. The van der Waals surface area contributed by atoms with Crippen molar-refractivity contribution in [1.82, 2.24) is 5.32 Å². The quantitative estimate of drug-likeness (QED) is 0.728. The Kier molecular flexibility index (Phi) is 5.82. The van der Waals surface area contributed by atoms with Gasteiger partial charge in [-0.05, 0) is 62.2 Å². The predicted molar refractivity (Wildman–Crippen MR) is 107 cm³/mol. The summed E-state index contributed by atoms with van der Waals surface area (Å²) in [4.78, 5) is 23.4. The highest BCUT2D eigenvalue weighted by Gasteiger charge is 2.23. The fourth-order valence-electron chi connectivity index (χ4n) is 2.53. The van der Waals surface area contributed by atoms with Crippen LogP contribution in [0.4, 0.5) is 16.2 Å². The van der Waals surface area contributed by atoms with Crippen LogP contribution in [0, 0.1) is 0 Å². The van der Waals surface area contributed by atoms with Gasteiger partial charge in [0.2, 0.25) is 5.91 Å². The number of hydrogen-bond donors (Lipinski definition) is 3. The molecule has 3 N–H and O–H groups in total. The molecule has 0 spiro atoms. The van der Waals surface area contributed by atoms with E-state index in [2.05, 4.69) is 22.5 Å². The third-order valence-corrected chi connectivity index (χ3v) is 3.97. The molecule has 0 atom stereocenters. The van der Waals surface area contributed by atoms with Crippen LogP contribution in [-0.4, -0.2) is 11.9 Å². The largest absolute Gasteiger partial charge is 0.329 e. The smallest absolute Gasteiger partial charge is 0.319 e. The molecule has 26 heavy (non-hydrogen) atoms. The minimum Gasteiger partial charge on any atom is -0.329 e. The standard InChI is InChI=1S/C21H25N3O2/c1-14(2)16-7-6-8-17(13-16)21(4,5)24-20(26)23-19-11-9-18(10-12-19)22-15(3)25/h6-13H,1H2,2-5H3,(H,22,25)(H2,23,24,26). The third-order valence-electron chi connectivity index (χ3n) is 3.97. The first-order valence-corrected chi connectivity index (χ1v) is 8.40. The van der Waals surface area contributed by atoms with Crippen LogP contribution in [-0.2, 0) is 10.3 Å². The molecule has 0 bridgehead atoms. The summed E-state index contributed by atoms with van der Waals surface area (Å²) in [6, 6.07) is 14.6. The fraction of sp³-hybridized carbons (Fsp3) is 0.238. The Balaban J connectivity index is 2.05. The van der Waals surface area contributed by atoms with Crippen molar-refractivity contribution in [1.29, 1.82) is 0 Å². The lowest BCUT2D eigenvalue weighted by Crippen LogP contribution is -2.43. The molecule has 0 aliphatic carbocycles. The summed E-state index contributed by atoms with van der Waals surface area (Å²) < 4.78 is 0. The second-order valence-corrected chi connectivity index (χ2v) is 6.82. The molecule has 0 saturated heterocycles. The van der Waals surface area contributed by atoms with Crippen molar-refractivity contribution in [3.05, 3.63) is 66.2 Å². The zero-order valence-corrected chi connectivity index (χ0v) is 15.6. The third kappa shape index (κ3) is 5.21. The first-order chi connectivity index (χ1) is 12.2. The maximum atomic E-state index is 12.4. The summed E-state index contributed by atoms with van der Waals surface area (Å²) >= 11 is 0. The molecule has 3 amide bonds. The molecule has 0 heterocycles. The van der Waals surface area contributed by atoms with Crippen LogP contribution in [0.15, 0.2) is 55.1 Å². The van der Waals surface area contributed by atoms with E-state index in [1.807, 2.05) is 45.0 Å². The van der Waals surface area contributed by atoms with E-state index >= 15 is 0 Å². The Bertz CT molecular complexity index is 823. The van der Waals surface area contributed by atoms with Crippen LogP contribution >= 0.6 is 0 Å². The monoisotopic (exact) mass is 351 g/mol. The van der Waals surface area contributed by atoms with Gasteiger partial charge >= 0.3 is 6.03 Å². The van der Waals surface area contributed by atoms with Gasteiger partial charge in [0.05, 0.1) is 5.54 Å². The van der Waals surface area contributed by atoms with Crippen LogP contribution in [0.25, 0.3) is 5.57 Å². The van der Waals surface area contributed by atoms with E-state index in [0.29, 0.717) is 11.4 Å². The highest BCUT2D eigenvalue weighted by molar-refractivity contribution is 5.91. The fourth-order valence-corrected chi connectivity index (χ4v) is 2.53. The minimum atomic E-state index is -0.550. The molecule has 0 saturated carbocycles. The van der Waals surface area contributed by atoms with E-state index in [0.717, 1.165) is 16.7 Å². The van der Waals surface area contributed by atoms with Gasteiger partial charge in [-0.25, -0.2) is 4.79 Å². The minimum absolute atomic E-state index is 0.137. The molecular formula is C21H25N3O2. The summed E-state index contributed by atoms with van der Waals surface area (Å²) in [5.41, 5.74) is 3.79. The Morgan fingerprint density at radius 1 is 0.923 bits per heavy atom. The predicted octanol–water partition coefficient (Wildman–Crippen LogP) is 4.73. The highest BCUT2D eigenvalue weighted by atomic mass is 16.2. The summed E-state index contributed by atoms with van der Waals surface area (Å²) in [6.45, 7) is 11.3.